The number of sulfonamides is 1. The van der Waals surface area contributed by atoms with Crippen molar-refractivity contribution in [2.45, 2.75) is 23.6 Å². The number of hydrogen-bond donors (Lipinski definition) is 0. The molecule has 5 nitrogen and oxygen atoms in total. The first-order chi connectivity index (χ1) is 14.0. The van der Waals surface area contributed by atoms with Gasteiger partial charge in [-0.25, -0.2) is 8.42 Å². The van der Waals surface area contributed by atoms with E-state index in [2.05, 4.69) is 0 Å². The van der Waals surface area contributed by atoms with Crippen LogP contribution in [0.15, 0.2) is 58.8 Å². The number of thiophene rings is 1. The highest BCUT2D eigenvalue weighted by atomic mass is 32.2. The summed E-state index contributed by atoms with van der Waals surface area (Å²) in [4.78, 5) is 0.976. The average Bonchev–Trinajstić information content (AvgIpc) is 3.19. The first-order valence-corrected chi connectivity index (χ1v) is 11.6. The van der Waals surface area contributed by atoms with Crippen LogP contribution < -0.4 is 9.47 Å². The summed E-state index contributed by atoms with van der Waals surface area (Å²) in [5.41, 5.74) is 2.93. The van der Waals surface area contributed by atoms with Crippen molar-refractivity contribution in [1.29, 1.82) is 0 Å². The lowest BCUT2D eigenvalue weighted by molar-refractivity contribution is 0.332. The highest BCUT2D eigenvalue weighted by molar-refractivity contribution is 7.91. The lowest BCUT2D eigenvalue weighted by atomic mass is 9.89. The van der Waals surface area contributed by atoms with Crippen LogP contribution in [0.3, 0.4) is 0 Å². The summed E-state index contributed by atoms with van der Waals surface area (Å²) in [6, 6.07) is 16.7. The molecule has 0 N–H and O–H groups in total. The summed E-state index contributed by atoms with van der Waals surface area (Å²) < 4.78 is 40.1. The molecule has 0 unspecified atom stereocenters. The molecule has 4 rings (SSSR count). The molecule has 29 heavy (non-hydrogen) atoms. The van der Waals surface area contributed by atoms with Gasteiger partial charge in [0, 0.05) is 11.4 Å². The van der Waals surface area contributed by atoms with Gasteiger partial charge >= 0.3 is 0 Å². The predicted molar refractivity (Wildman–Crippen MR) is 114 cm³/mol. The summed E-state index contributed by atoms with van der Waals surface area (Å²) in [5, 5.41) is 0. The Kier molecular flexibility index (Phi) is 5.38. The molecule has 0 saturated carbocycles. The van der Waals surface area contributed by atoms with Gasteiger partial charge in [0.05, 0.1) is 20.3 Å². The summed E-state index contributed by atoms with van der Waals surface area (Å²) >= 11 is 1.31. The zero-order valence-corrected chi connectivity index (χ0v) is 18.2. The predicted octanol–water partition coefficient (Wildman–Crippen LogP) is 4.41. The first kappa shape index (κ1) is 19.9. The maximum absolute atomic E-state index is 13.6. The number of rotatable bonds is 5. The molecule has 0 amide bonds. The van der Waals surface area contributed by atoms with Crippen LogP contribution in [0.1, 0.15) is 27.6 Å². The Morgan fingerprint density at radius 1 is 1.00 bits per heavy atom. The molecule has 0 bridgehead atoms. The third kappa shape index (κ3) is 3.54. The van der Waals surface area contributed by atoms with Gasteiger partial charge in [0.25, 0.3) is 10.0 Å². The van der Waals surface area contributed by atoms with Gasteiger partial charge in [-0.2, -0.15) is 4.31 Å². The van der Waals surface area contributed by atoms with Crippen LogP contribution in [-0.4, -0.2) is 33.5 Å². The van der Waals surface area contributed by atoms with E-state index in [1.54, 1.807) is 24.6 Å². The van der Waals surface area contributed by atoms with Crippen molar-refractivity contribution < 1.29 is 17.9 Å². The number of nitrogens with zero attached hydrogens (tertiary/aromatic N) is 1. The Morgan fingerprint density at radius 3 is 2.31 bits per heavy atom. The molecule has 0 fully saturated rings. The Balaban J connectivity index is 1.90. The number of fused-ring (bicyclic) bond motifs is 1. The molecule has 0 aliphatic carbocycles. The van der Waals surface area contributed by atoms with E-state index in [0.29, 0.717) is 28.7 Å². The molecule has 7 heteroatoms. The number of ether oxygens (including phenoxy) is 2. The lowest BCUT2D eigenvalue weighted by Gasteiger charge is -2.36. The quantitative estimate of drug-likeness (QED) is 0.603. The van der Waals surface area contributed by atoms with Crippen molar-refractivity contribution in [2.75, 3.05) is 20.8 Å². The van der Waals surface area contributed by atoms with Crippen molar-refractivity contribution >= 4 is 21.4 Å². The van der Waals surface area contributed by atoms with E-state index >= 15 is 0 Å². The molecule has 1 aliphatic rings. The third-order valence-electron chi connectivity index (χ3n) is 5.22. The van der Waals surface area contributed by atoms with Crippen molar-refractivity contribution in [3.05, 3.63) is 76.2 Å². The Morgan fingerprint density at radius 2 is 1.69 bits per heavy atom. The van der Waals surface area contributed by atoms with Crippen LogP contribution in [0.4, 0.5) is 0 Å². The molecule has 152 valence electrons. The minimum Gasteiger partial charge on any atom is -0.493 e. The molecule has 0 radical (unpaired) electrons. The fraction of sp³-hybridized carbons (Fsp3) is 0.273. The van der Waals surface area contributed by atoms with E-state index in [0.717, 1.165) is 21.6 Å². The zero-order valence-electron chi connectivity index (χ0n) is 16.6. The van der Waals surface area contributed by atoms with Gasteiger partial charge in [0.1, 0.15) is 4.21 Å². The Hall–Kier alpha value is -2.35. The second-order valence-corrected chi connectivity index (χ2v) is 10.4. The summed E-state index contributed by atoms with van der Waals surface area (Å²) in [7, 11) is -0.437. The van der Waals surface area contributed by atoms with Crippen LogP contribution in [0.2, 0.25) is 0 Å². The van der Waals surface area contributed by atoms with E-state index in [1.807, 2.05) is 55.5 Å². The molecule has 1 atom stereocenters. The molecule has 3 aromatic rings. The fourth-order valence-electron chi connectivity index (χ4n) is 3.83. The lowest BCUT2D eigenvalue weighted by Crippen LogP contribution is -2.40. The normalized spacial score (nSPS) is 17.0. The van der Waals surface area contributed by atoms with Crippen molar-refractivity contribution in [1.82, 2.24) is 4.31 Å². The van der Waals surface area contributed by atoms with Crippen LogP contribution in [0.25, 0.3) is 0 Å². The van der Waals surface area contributed by atoms with Gasteiger partial charge in [0.15, 0.2) is 11.5 Å². The Labute approximate surface area is 175 Å². The standard InChI is InChI=1S/C22H23NO4S2/c1-15-9-10-21(28-15)29(24,25)23-12-11-17-13-19(26-2)20(27-3)14-18(17)22(23)16-7-5-4-6-8-16/h4-10,13-14,22H,11-12H2,1-3H3/t22-/m1/s1. The second-order valence-electron chi connectivity index (χ2n) is 6.95. The number of hydrogen-bond acceptors (Lipinski definition) is 5. The molecule has 2 aromatic carbocycles. The van der Waals surface area contributed by atoms with Crippen LogP contribution >= 0.6 is 11.3 Å². The smallest absolute Gasteiger partial charge is 0.253 e. The van der Waals surface area contributed by atoms with Gasteiger partial charge in [-0.15, -0.1) is 11.3 Å². The number of methoxy groups -OCH3 is 2. The van der Waals surface area contributed by atoms with E-state index in [9.17, 15) is 8.42 Å². The van der Waals surface area contributed by atoms with Crippen molar-refractivity contribution in [3.63, 3.8) is 0 Å². The van der Waals surface area contributed by atoms with E-state index < -0.39 is 16.1 Å². The third-order valence-corrected chi connectivity index (χ3v) is 8.56. The van der Waals surface area contributed by atoms with Crippen LogP contribution in [0.5, 0.6) is 11.5 Å². The summed E-state index contributed by atoms with van der Waals surface area (Å²) in [6.07, 6.45) is 0.614. The van der Waals surface area contributed by atoms with Gasteiger partial charge < -0.3 is 9.47 Å². The minimum absolute atomic E-state index is 0.375. The van der Waals surface area contributed by atoms with Crippen LogP contribution in [-0.2, 0) is 16.4 Å². The fourth-order valence-corrected chi connectivity index (χ4v) is 6.84. The molecular weight excluding hydrogens is 406 g/mol. The SMILES string of the molecule is COc1cc2c(cc1OC)[C@@H](c1ccccc1)N(S(=O)(=O)c1ccc(C)s1)CC2. The van der Waals surface area contributed by atoms with Crippen LogP contribution in [0, 0.1) is 6.92 Å². The van der Waals surface area contributed by atoms with Gasteiger partial charge in [-0.3, -0.25) is 0 Å². The van der Waals surface area contributed by atoms with Gasteiger partial charge in [0.2, 0.25) is 0 Å². The zero-order chi connectivity index (χ0) is 20.6. The van der Waals surface area contributed by atoms with E-state index in [1.165, 1.54) is 11.3 Å². The van der Waals surface area contributed by atoms with E-state index in [4.69, 9.17) is 9.47 Å². The highest BCUT2D eigenvalue weighted by Crippen LogP contribution is 2.43. The topological polar surface area (TPSA) is 55.8 Å². The molecule has 0 saturated heterocycles. The Bertz CT molecular complexity index is 1120. The molecular formula is C22H23NO4S2. The second kappa shape index (κ2) is 7.82. The van der Waals surface area contributed by atoms with Crippen molar-refractivity contribution in [2.24, 2.45) is 0 Å². The van der Waals surface area contributed by atoms with Crippen molar-refractivity contribution in [3.8, 4) is 11.5 Å². The molecule has 0 spiro atoms. The first-order valence-electron chi connectivity index (χ1n) is 9.33. The molecule has 2 heterocycles. The summed E-state index contributed by atoms with van der Waals surface area (Å²) in [6.45, 7) is 2.32. The maximum Gasteiger partial charge on any atom is 0.253 e. The molecule has 1 aromatic heterocycles. The maximum atomic E-state index is 13.6. The summed E-state index contributed by atoms with van der Waals surface area (Å²) in [5.74, 6) is 1.25. The van der Waals surface area contributed by atoms with Gasteiger partial charge in [-0.05, 0) is 54.3 Å². The average molecular weight is 430 g/mol. The monoisotopic (exact) mass is 429 g/mol. The van der Waals surface area contributed by atoms with E-state index in [-0.39, 0.29) is 0 Å². The highest BCUT2D eigenvalue weighted by Gasteiger charge is 2.38. The molecule has 1 aliphatic heterocycles. The number of benzene rings is 2. The largest absolute Gasteiger partial charge is 0.493 e. The minimum atomic E-state index is -3.64. The number of aryl methyl sites for hydroxylation is 1. The van der Waals surface area contributed by atoms with Gasteiger partial charge in [-0.1, -0.05) is 30.3 Å².